The average molecular weight is 507 g/mol. The lowest BCUT2D eigenvalue weighted by molar-refractivity contribution is 0.0526. The predicted octanol–water partition coefficient (Wildman–Crippen LogP) is 4.83. The van der Waals surface area contributed by atoms with Crippen LogP contribution in [0.3, 0.4) is 0 Å². The molecule has 0 aliphatic rings. The number of nitrogens with zero attached hydrogens (tertiary/aromatic N) is 1. The Bertz CT molecular complexity index is 1380. The van der Waals surface area contributed by atoms with E-state index in [0.717, 1.165) is 0 Å². The van der Waals surface area contributed by atoms with Crippen LogP contribution in [0.2, 0.25) is 0 Å². The van der Waals surface area contributed by atoms with E-state index >= 15 is 0 Å². The normalized spacial score (nSPS) is 10.6. The molecule has 0 N–H and O–H groups in total. The van der Waals surface area contributed by atoms with E-state index in [9.17, 15) is 9.59 Å². The molecule has 0 atom stereocenters. The van der Waals surface area contributed by atoms with Crippen LogP contribution in [-0.4, -0.2) is 45.0 Å². The summed E-state index contributed by atoms with van der Waals surface area (Å²) in [6.07, 6.45) is 0. The largest absolute Gasteiger partial charge is 0.493 e. The van der Waals surface area contributed by atoms with E-state index in [0.29, 0.717) is 51.8 Å². The highest BCUT2D eigenvalue weighted by atomic mass is 16.5. The summed E-state index contributed by atoms with van der Waals surface area (Å²) in [5.74, 6) is 0.851. The molecule has 37 heavy (non-hydrogen) atoms. The Kier molecular flexibility index (Phi) is 7.77. The lowest BCUT2D eigenvalue weighted by Crippen LogP contribution is -2.09. The first-order valence-corrected chi connectivity index (χ1v) is 11.3. The number of carbonyl (C=O) groups is 2. The summed E-state index contributed by atoms with van der Waals surface area (Å²) in [6, 6.07) is 14.5. The van der Waals surface area contributed by atoms with Crippen molar-refractivity contribution in [3.63, 3.8) is 0 Å². The van der Waals surface area contributed by atoms with Crippen LogP contribution in [0.15, 0.2) is 59.1 Å². The summed E-state index contributed by atoms with van der Waals surface area (Å²) >= 11 is 0. The van der Waals surface area contributed by atoms with Crippen molar-refractivity contribution < 1.29 is 42.5 Å². The number of hydrogen-bond acceptors (Lipinski definition) is 10. The Morgan fingerprint density at radius 2 is 1.49 bits per heavy atom. The maximum Gasteiger partial charge on any atom is 0.343 e. The molecule has 0 spiro atoms. The highest BCUT2D eigenvalue weighted by molar-refractivity contribution is 5.93. The molecule has 0 radical (unpaired) electrons. The van der Waals surface area contributed by atoms with Crippen molar-refractivity contribution in [1.82, 2.24) is 5.16 Å². The fraction of sp³-hybridized carbons (Fsp3) is 0.222. The van der Waals surface area contributed by atoms with Gasteiger partial charge in [0, 0.05) is 11.5 Å². The smallest absolute Gasteiger partial charge is 0.343 e. The first-order chi connectivity index (χ1) is 18.0. The lowest BCUT2D eigenvalue weighted by atomic mass is 10.1. The minimum absolute atomic E-state index is 0.135. The maximum absolute atomic E-state index is 12.8. The Morgan fingerprint density at radius 1 is 0.811 bits per heavy atom. The second kappa shape index (κ2) is 11.3. The molecule has 1 heterocycles. The van der Waals surface area contributed by atoms with Crippen LogP contribution >= 0.6 is 0 Å². The van der Waals surface area contributed by atoms with Crippen LogP contribution in [0, 0.1) is 0 Å². The van der Waals surface area contributed by atoms with Gasteiger partial charge in [0.1, 0.15) is 23.8 Å². The number of aromatic nitrogens is 1. The van der Waals surface area contributed by atoms with E-state index in [-0.39, 0.29) is 17.9 Å². The third-order valence-electron chi connectivity index (χ3n) is 5.37. The molecule has 1 aromatic heterocycles. The first-order valence-electron chi connectivity index (χ1n) is 11.3. The molecule has 0 bridgehead atoms. The SMILES string of the molecule is CCOC(=O)c1ccc(OCc2noc3cc(OC(=O)c4cc(OC)c(OC)c(OC)c4)ccc23)cc1. The van der Waals surface area contributed by atoms with Crippen LogP contribution < -0.4 is 23.7 Å². The molecule has 0 aliphatic heterocycles. The Labute approximate surface area is 212 Å². The van der Waals surface area contributed by atoms with Gasteiger partial charge in [-0.3, -0.25) is 0 Å². The molecule has 0 unspecified atom stereocenters. The highest BCUT2D eigenvalue weighted by Crippen LogP contribution is 2.38. The van der Waals surface area contributed by atoms with Crippen molar-refractivity contribution in [3.05, 3.63) is 71.4 Å². The third-order valence-corrected chi connectivity index (χ3v) is 5.37. The van der Waals surface area contributed by atoms with E-state index < -0.39 is 11.9 Å². The Balaban J connectivity index is 1.45. The molecule has 0 fully saturated rings. The summed E-state index contributed by atoms with van der Waals surface area (Å²) in [4.78, 5) is 24.6. The number of esters is 2. The van der Waals surface area contributed by atoms with Gasteiger partial charge < -0.3 is 32.9 Å². The summed E-state index contributed by atoms with van der Waals surface area (Å²) in [7, 11) is 4.40. The molecule has 192 valence electrons. The van der Waals surface area contributed by atoms with Gasteiger partial charge in [-0.15, -0.1) is 0 Å². The molecular weight excluding hydrogens is 482 g/mol. The Hall–Kier alpha value is -4.73. The first kappa shape index (κ1) is 25.4. The van der Waals surface area contributed by atoms with Gasteiger partial charge in [-0.05, 0) is 55.5 Å². The van der Waals surface area contributed by atoms with E-state index in [2.05, 4.69) is 5.16 Å². The molecule has 0 saturated carbocycles. The zero-order valence-electron chi connectivity index (χ0n) is 20.7. The van der Waals surface area contributed by atoms with Gasteiger partial charge in [0.2, 0.25) is 5.75 Å². The number of rotatable bonds is 10. The number of methoxy groups -OCH3 is 3. The second-order valence-electron chi connectivity index (χ2n) is 7.62. The van der Waals surface area contributed by atoms with Crippen molar-refractivity contribution in [3.8, 4) is 28.7 Å². The monoisotopic (exact) mass is 507 g/mol. The minimum atomic E-state index is -0.618. The van der Waals surface area contributed by atoms with E-state index in [1.54, 1.807) is 49.4 Å². The van der Waals surface area contributed by atoms with E-state index in [1.165, 1.54) is 33.5 Å². The summed E-state index contributed by atoms with van der Waals surface area (Å²) in [5, 5.41) is 4.77. The van der Waals surface area contributed by atoms with Crippen LogP contribution in [0.25, 0.3) is 11.0 Å². The molecule has 4 aromatic rings. The molecule has 0 amide bonds. The number of benzene rings is 3. The number of fused-ring (bicyclic) bond motifs is 1. The molecular formula is C27H25NO9. The van der Waals surface area contributed by atoms with Crippen molar-refractivity contribution in [1.29, 1.82) is 0 Å². The molecule has 4 rings (SSSR count). The van der Waals surface area contributed by atoms with E-state index in [1.807, 2.05) is 0 Å². The minimum Gasteiger partial charge on any atom is -0.493 e. The van der Waals surface area contributed by atoms with Crippen molar-refractivity contribution >= 4 is 22.9 Å². The summed E-state index contributed by atoms with van der Waals surface area (Å²) in [5.41, 5.74) is 1.64. The molecule has 10 heteroatoms. The number of carbonyl (C=O) groups excluding carboxylic acids is 2. The van der Waals surface area contributed by atoms with Gasteiger partial charge in [0.25, 0.3) is 0 Å². The van der Waals surface area contributed by atoms with Gasteiger partial charge in [-0.2, -0.15) is 0 Å². The number of hydrogen-bond donors (Lipinski definition) is 0. The third kappa shape index (κ3) is 5.58. The zero-order valence-corrected chi connectivity index (χ0v) is 20.7. The van der Waals surface area contributed by atoms with Gasteiger partial charge in [-0.25, -0.2) is 9.59 Å². The fourth-order valence-electron chi connectivity index (χ4n) is 3.56. The topological polar surface area (TPSA) is 116 Å². The number of ether oxygens (including phenoxy) is 6. The van der Waals surface area contributed by atoms with Crippen molar-refractivity contribution in [2.24, 2.45) is 0 Å². The fourth-order valence-corrected chi connectivity index (χ4v) is 3.56. The van der Waals surface area contributed by atoms with Gasteiger partial charge in [0.15, 0.2) is 17.1 Å². The van der Waals surface area contributed by atoms with Crippen LogP contribution in [0.1, 0.15) is 33.3 Å². The standard InChI is InChI=1S/C27H25NO9/c1-5-34-26(29)16-6-8-18(9-7-16)35-15-21-20-11-10-19(14-22(20)37-28-21)36-27(30)17-12-23(31-2)25(33-4)24(13-17)32-3/h6-14H,5,15H2,1-4H3. The highest BCUT2D eigenvalue weighted by Gasteiger charge is 2.19. The molecule has 0 saturated heterocycles. The second-order valence-corrected chi connectivity index (χ2v) is 7.62. The zero-order chi connectivity index (χ0) is 26.4. The summed E-state index contributed by atoms with van der Waals surface area (Å²) < 4.78 is 37.5. The average Bonchev–Trinajstić information content (AvgIpc) is 3.33. The van der Waals surface area contributed by atoms with Gasteiger partial charge in [0.05, 0.1) is 39.1 Å². The molecule has 3 aromatic carbocycles. The molecule has 0 aliphatic carbocycles. The van der Waals surface area contributed by atoms with Crippen LogP contribution in [0.4, 0.5) is 0 Å². The predicted molar refractivity (Wildman–Crippen MR) is 132 cm³/mol. The van der Waals surface area contributed by atoms with Crippen molar-refractivity contribution in [2.45, 2.75) is 13.5 Å². The van der Waals surface area contributed by atoms with Crippen LogP contribution in [-0.2, 0) is 11.3 Å². The van der Waals surface area contributed by atoms with E-state index in [4.69, 9.17) is 32.9 Å². The quantitative estimate of drug-likeness (QED) is 0.218. The lowest BCUT2D eigenvalue weighted by Gasteiger charge is -2.13. The summed E-state index contributed by atoms with van der Waals surface area (Å²) in [6.45, 7) is 2.19. The van der Waals surface area contributed by atoms with Crippen LogP contribution in [0.5, 0.6) is 28.7 Å². The van der Waals surface area contributed by atoms with Crippen molar-refractivity contribution in [2.75, 3.05) is 27.9 Å². The van der Waals surface area contributed by atoms with Gasteiger partial charge in [-0.1, -0.05) is 5.16 Å². The maximum atomic E-state index is 12.8. The molecule has 10 nitrogen and oxygen atoms in total. The Morgan fingerprint density at radius 3 is 2.11 bits per heavy atom. The van der Waals surface area contributed by atoms with Gasteiger partial charge >= 0.3 is 11.9 Å².